The average molecular weight is 233 g/mol. The largest absolute Gasteiger partial charge is 0.324 e. The van der Waals surface area contributed by atoms with Gasteiger partial charge >= 0.3 is 8.69 Å². The summed E-state index contributed by atoms with van der Waals surface area (Å²) in [6.45, 7) is 0. The van der Waals surface area contributed by atoms with Gasteiger partial charge in [-0.25, -0.2) is 4.57 Å². The van der Waals surface area contributed by atoms with Crippen molar-refractivity contribution in [2.45, 2.75) is 0 Å². The van der Waals surface area contributed by atoms with Gasteiger partial charge in [-0.05, 0) is 0 Å². The van der Waals surface area contributed by atoms with E-state index < -0.39 is 8.69 Å². The first-order valence-electron chi connectivity index (χ1n) is 0.383. The van der Waals surface area contributed by atoms with Crippen molar-refractivity contribution in [3.05, 3.63) is 0 Å². The van der Waals surface area contributed by atoms with Gasteiger partial charge in [0.2, 0.25) is 0 Å². The van der Waals surface area contributed by atoms with Gasteiger partial charge in [0.25, 0.3) is 0 Å². The Morgan fingerprint density at radius 2 is 1.75 bits per heavy atom. The van der Waals surface area contributed by atoms with Crippen LogP contribution in [0.2, 0.25) is 0 Å². The van der Waals surface area contributed by atoms with Crippen molar-refractivity contribution in [3.8, 4) is 0 Å². The van der Waals surface area contributed by atoms with E-state index in [1.165, 1.54) is 0 Å². The van der Waals surface area contributed by atoms with Crippen LogP contribution in [0.15, 0.2) is 0 Å². The molecular weight excluding hydrogens is 232 g/mol. The summed E-state index contributed by atoms with van der Waals surface area (Å²) < 4.78 is 8.46. The van der Waals surface area contributed by atoms with Gasteiger partial charge in [-0.2, -0.15) is 0 Å². The van der Waals surface area contributed by atoms with Crippen LogP contribution in [-0.2, 0) is 4.57 Å². The molecule has 0 rings (SSSR count). The minimum atomic E-state index is -0.833. The molecule has 0 heterocycles. The van der Waals surface area contributed by atoms with Gasteiger partial charge in [0, 0.05) is 36.9 Å². The Bertz CT molecular complexity index is 13.5. The molecule has 0 atom stereocenters. The van der Waals surface area contributed by atoms with Crippen LogP contribution in [0.4, 0.5) is 0 Å². The van der Waals surface area contributed by atoms with Crippen LogP contribution in [0.5, 0.6) is 0 Å². The molecule has 0 aromatic heterocycles. The second-order valence-electron chi connectivity index (χ2n) is 0.0816. The van der Waals surface area contributed by atoms with Crippen LogP contribution in [0.1, 0.15) is 0 Å². The first-order chi connectivity index (χ1) is 1.41. The SMILES string of the molecule is O=PO.[Tm]. The van der Waals surface area contributed by atoms with E-state index >= 15 is 0 Å². The van der Waals surface area contributed by atoms with E-state index in [-0.39, 0.29) is 36.9 Å². The van der Waals surface area contributed by atoms with Crippen LogP contribution in [0.3, 0.4) is 0 Å². The molecule has 0 amide bonds. The monoisotopic (exact) mass is 233 g/mol. The average Bonchev–Trinajstić information content (AvgIpc) is 0.918. The van der Waals surface area contributed by atoms with Crippen molar-refractivity contribution in [2.75, 3.05) is 0 Å². The van der Waals surface area contributed by atoms with Crippen LogP contribution in [-0.4, -0.2) is 4.89 Å². The summed E-state index contributed by atoms with van der Waals surface area (Å²) in [5.74, 6) is 0. The third-order valence-electron chi connectivity index (χ3n) is 0. The zero-order chi connectivity index (χ0) is 2.71. The molecule has 4 heteroatoms. The fourth-order valence-corrected chi connectivity index (χ4v) is 0. The van der Waals surface area contributed by atoms with Crippen LogP contribution < -0.4 is 0 Å². The summed E-state index contributed by atoms with van der Waals surface area (Å²) >= 11 is 0. The van der Waals surface area contributed by atoms with Crippen LogP contribution in [0.25, 0.3) is 0 Å². The third kappa shape index (κ3) is 10.4. The molecule has 0 aliphatic heterocycles. The van der Waals surface area contributed by atoms with Gasteiger partial charge in [0.05, 0.1) is 0 Å². The van der Waals surface area contributed by atoms with Crippen LogP contribution >= 0.6 is 8.69 Å². The van der Waals surface area contributed by atoms with E-state index in [9.17, 15) is 0 Å². The molecule has 0 fully saturated rings. The molecule has 0 aromatic carbocycles. The molecule has 0 bridgehead atoms. The molecule has 4 heavy (non-hydrogen) atoms. The zero-order valence-electron chi connectivity index (χ0n) is 1.58. The molecule has 1 radical (unpaired) electrons. The number of hydrogen-bond acceptors (Lipinski definition) is 1. The van der Waals surface area contributed by atoms with E-state index in [2.05, 4.69) is 0 Å². The Balaban J connectivity index is 0. The third-order valence-corrected chi connectivity index (χ3v) is 0. The fraction of sp³-hybridized carbons (Fsp3) is 0. The topological polar surface area (TPSA) is 37.3 Å². The van der Waals surface area contributed by atoms with Gasteiger partial charge in [-0.3, -0.25) is 0 Å². The maximum Gasteiger partial charge on any atom is 0.324 e. The second kappa shape index (κ2) is 8.85. The quantitative estimate of drug-likeness (QED) is 0.606. The van der Waals surface area contributed by atoms with E-state index in [4.69, 9.17) is 9.46 Å². The molecule has 2 nitrogen and oxygen atoms in total. The Kier molecular flexibility index (Phi) is 19.9. The maximum atomic E-state index is 8.46. The minimum absolute atomic E-state index is 0. The van der Waals surface area contributed by atoms with Gasteiger partial charge in [0.1, 0.15) is 0 Å². The normalized spacial score (nSPS) is 5.25. The number of hydrogen-bond donors (Lipinski definition) is 1. The van der Waals surface area contributed by atoms with Crippen molar-refractivity contribution < 1.29 is 46.3 Å². The van der Waals surface area contributed by atoms with Crippen molar-refractivity contribution in [1.29, 1.82) is 0 Å². The van der Waals surface area contributed by atoms with Gasteiger partial charge < -0.3 is 4.89 Å². The van der Waals surface area contributed by atoms with E-state index in [1.807, 2.05) is 0 Å². The molecule has 0 aliphatic rings. The molecular formula is HO2PTm. The summed E-state index contributed by atoms with van der Waals surface area (Å²) in [6, 6.07) is 0. The predicted molar refractivity (Wildman–Crippen MR) is 9.83 cm³/mol. The smallest absolute Gasteiger partial charge is 0.310 e. The number of rotatable bonds is 0. The maximum absolute atomic E-state index is 8.46. The minimum Gasteiger partial charge on any atom is -0.310 e. The summed E-state index contributed by atoms with van der Waals surface area (Å²) in [4.78, 5) is 6.99. The first kappa shape index (κ1) is 9.00. The molecule has 0 unspecified atom stereocenters. The molecule has 0 aliphatic carbocycles. The van der Waals surface area contributed by atoms with Crippen molar-refractivity contribution >= 4 is 8.69 Å². The Morgan fingerprint density at radius 1 is 1.75 bits per heavy atom. The predicted octanol–water partition coefficient (Wildman–Crippen LogP) is 0.185. The Hall–Kier alpha value is 1.29. The molecule has 0 spiro atoms. The molecule has 31 valence electrons. The molecule has 0 saturated heterocycles. The van der Waals surface area contributed by atoms with E-state index in [1.54, 1.807) is 0 Å². The van der Waals surface area contributed by atoms with Crippen molar-refractivity contribution in [3.63, 3.8) is 0 Å². The molecule has 0 saturated carbocycles. The first-order valence-corrected chi connectivity index (χ1v) is 1.15. The van der Waals surface area contributed by atoms with Gasteiger partial charge in [0.15, 0.2) is 0 Å². The standard InChI is InChI=1S/HO2P.Tm/c1-3-2;/h(H,1,2);. The van der Waals surface area contributed by atoms with Crippen molar-refractivity contribution in [2.24, 2.45) is 0 Å². The molecule has 0 aromatic rings. The zero-order valence-corrected chi connectivity index (χ0v) is 4.25. The van der Waals surface area contributed by atoms with Gasteiger partial charge in [-0.15, -0.1) is 0 Å². The molecule has 1 N–H and O–H groups in total. The summed E-state index contributed by atoms with van der Waals surface area (Å²) in [6.07, 6.45) is 0. The van der Waals surface area contributed by atoms with Crippen LogP contribution in [0, 0.1) is 36.9 Å². The van der Waals surface area contributed by atoms with Gasteiger partial charge in [-0.1, -0.05) is 0 Å². The second-order valence-corrected chi connectivity index (χ2v) is 0.245. The van der Waals surface area contributed by atoms with E-state index in [0.29, 0.717) is 0 Å². The summed E-state index contributed by atoms with van der Waals surface area (Å²) in [7, 11) is -0.833. The fourth-order valence-electron chi connectivity index (χ4n) is 0. The Morgan fingerprint density at radius 3 is 1.75 bits per heavy atom. The summed E-state index contributed by atoms with van der Waals surface area (Å²) in [5, 5.41) is 0. The summed E-state index contributed by atoms with van der Waals surface area (Å²) in [5.41, 5.74) is 0. The van der Waals surface area contributed by atoms with E-state index in [0.717, 1.165) is 0 Å². The van der Waals surface area contributed by atoms with Crippen molar-refractivity contribution in [1.82, 2.24) is 0 Å². The Labute approximate surface area is 54.7 Å².